The molecule has 0 fully saturated rings. The second-order valence-electron chi connectivity index (χ2n) is 5.20. The van der Waals surface area contributed by atoms with Gasteiger partial charge in [0.1, 0.15) is 5.75 Å². The Kier molecular flexibility index (Phi) is 4.41. The van der Waals surface area contributed by atoms with Gasteiger partial charge in [0.05, 0.1) is 0 Å². The molecule has 112 valence electrons. The van der Waals surface area contributed by atoms with E-state index in [4.69, 9.17) is 0 Å². The number of aromatic hydroxyl groups is 3. The van der Waals surface area contributed by atoms with E-state index in [1.165, 1.54) is 28.8 Å². The highest BCUT2D eigenvalue weighted by molar-refractivity contribution is 5.77. The summed E-state index contributed by atoms with van der Waals surface area (Å²) in [6.07, 6.45) is 2.69. The molecule has 0 aliphatic rings. The van der Waals surface area contributed by atoms with Gasteiger partial charge >= 0.3 is 0 Å². The molecule has 2 aromatic carbocycles. The summed E-state index contributed by atoms with van der Waals surface area (Å²) >= 11 is 0. The summed E-state index contributed by atoms with van der Waals surface area (Å²) in [5.74, 6) is -0.545. The molecule has 0 unspecified atom stereocenters. The number of aryl methyl sites for hydroxylation is 2. The van der Waals surface area contributed by atoms with Gasteiger partial charge in [0.2, 0.25) is 0 Å². The molecular formula is C18H22O3. The highest BCUT2D eigenvalue weighted by Gasteiger charge is 2.15. The van der Waals surface area contributed by atoms with E-state index in [9.17, 15) is 15.3 Å². The van der Waals surface area contributed by atoms with Crippen molar-refractivity contribution in [1.29, 1.82) is 0 Å². The fourth-order valence-electron chi connectivity index (χ4n) is 2.76. The summed E-state index contributed by atoms with van der Waals surface area (Å²) in [7, 11) is 0. The van der Waals surface area contributed by atoms with Gasteiger partial charge in [0.25, 0.3) is 0 Å². The Hall–Kier alpha value is -2.16. The van der Waals surface area contributed by atoms with Gasteiger partial charge in [-0.15, -0.1) is 0 Å². The van der Waals surface area contributed by atoms with Gasteiger partial charge in [-0.05, 0) is 47.6 Å². The molecule has 0 atom stereocenters. The number of phenolic OH excluding ortho intramolecular Hbond substituents is 3. The van der Waals surface area contributed by atoms with E-state index in [2.05, 4.69) is 32.9 Å². The van der Waals surface area contributed by atoms with E-state index in [0.717, 1.165) is 24.8 Å². The van der Waals surface area contributed by atoms with Crippen LogP contribution in [0.3, 0.4) is 0 Å². The van der Waals surface area contributed by atoms with Crippen LogP contribution in [-0.2, 0) is 19.3 Å². The van der Waals surface area contributed by atoms with E-state index in [-0.39, 0.29) is 17.2 Å². The van der Waals surface area contributed by atoms with E-state index >= 15 is 0 Å². The summed E-state index contributed by atoms with van der Waals surface area (Å²) in [5.41, 5.74) is 5.13. The van der Waals surface area contributed by atoms with Crippen LogP contribution in [0.1, 0.15) is 37.5 Å². The Labute approximate surface area is 125 Å². The van der Waals surface area contributed by atoms with Gasteiger partial charge in [-0.3, -0.25) is 0 Å². The van der Waals surface area contributed by atoms with Crippen LogP contribution >= 0.6 is 0 Å². The van der Waals surface area contributed by atoms with Crippen LogP contribution < -0.4 is 0 Å². The second kappa shape index (κ2) is 6.08. The average Bonchev–Trinajstić information content (AvgIpc) is 2.49. The third-order valence-electron chi connectivity index (χ3n) is 3.93. The fraction of sp³-hybridized carbons (Fsp3) is 0.333. The third kappa shape index (κ3) is 2.82. The molecule has 0 bridgehead atoms. The number of phenols is 3. The number of hydrogen-bond donors (Lipinski definition) is 3. The molecule has 0 heterocycles. The summed E-state index contributed by atoms with van der Waals surface area (Å²) in [4.78, 5) is 0. The highest BCUT2D eigenvalue weighted by Crippen LogP contribution is 2.40. The molecule has 21 heavy (non-hydrogen) atoms. The van der Waals surface area contributed by atoms with Gasteiger partial charge in [-0.25, -0.2) is 0 Å². The van der Waals surface area contributed by atoms with E-state index < -0.39 is 0 Å². The molecule has 2 aromatic rings. The van der Waals surface area contributed by atoms with Crippen LogP contribution in [0.25, 0.3) is 11.1 Å². The second-order valence-corrected chi connectivity index (χ2v) is 5.20. The Morgan fingerprint density at radius 1 is 0.667 bits per heavy atom. The molecule has 0 aliphatic heterocycles. The first-order chi connectivity index (χ1) is 10.0. The zero-order valence-corrected chi connectivity index (χ0v) is 12.8. The van der Waals surface area contributed by atoms with Crippen molar-refractivity contribution in [2.45, 2.75) is 40.0 Å². The smallest absolute Gasteiger partial charge is 0.161 e. The molecule has 0 radical (unpaired) electrons. The average molecular weight is 286 g/mol. The maximum atomic E-state index is 10.1. The van der Waals surface area contributed by atoms with Crippen molar-refractivity contribution in [3.63, 3.8) is 0 Å². The standard InChI is InChI=1S/C18H22O3/c1-4-11-7-12(5-2)13(6-3)14(8-11)15-9-17(20)18(21)10-16(15)19/h7-10,19-21H,4-6H2,1-3H3. The van der Waals surface area contributed by atoms with Crippen LogP contribution in [0, 0.1) is 0 Å². The first kappa shape index (κ1) is 15.2. The van der Waals surface area contributed by atoms with E-state index in [1.54, 1.807) is 0 Å². The van der Waals surface area contributed by atoms with Crippen molar-refractivity contribution in [1.82, 2.24) is 0 Å². The quantitative estimate of drug-likeness (QED) is 0.584. The minimum Gasteiger partial charge on any atom is -0.507 e. The Bertz CT molecular complexity index is 660. The van der Waals surface area contributed by atoms with Gasteiger partial charge in [-0.1, -0.05) is 32.9 Å². The molecular weight excluding hydrogens is 264 g/mol. The molecule has 0 saturated carbocycles. The normalized spacial score (nSPS) is 10.8. The first-order valence-corrected chi connectivity index (χ1v) is 7.41. The lowest BCUT2D eigenvalue weighted by atomic mass is 9.89. The summed E-state index contributed by atoms with van der Waals surface area (Å²) < 4.78 is 0. The summed E-state index contributed by atoms with van der Waals surface area (Å²) in [6.45, 7) is 6.30. The van der Waals surface area contributed by atoms with E-state index in [1.807, 2.05) is 0 Å². The van der Waals surface area contributed by atoms with Gasteiger partial charge in [-0.2, -0.15) is 0 Å². The minimum atomic E-state index is -0.309. The van der Waals surface area contributed by atoms with Crippen molar-refractivity contribution < 1.29 is 15.3 Å². The predicted octanol–water partition coefficient (Wildman–Crippen LogP) is 4.16. The molecule has 0 aliphatic carbocycles. The molecule has 0 saturated heterocycles. The molecule has 0 spiro atoms. The Morgan fingerprint density at radius 2 is 1.33 bits per heavy atom. The van der Waals surface area contributed by atoms with Crippen LogP contribution in [0.2, 0.25) is 0 Å². The number of hydrogen-bond acceptors (Lipinski definition) is 3. The third-order valence-corrected chi connectivity index (χ3v) is 3.93. The summed E-state index contributed by atoms with van der Waals surface area (Å²) in [5, 5.41) is 29.4. The molecule has 3 nitrogen and oxygen atoms in total. The topological polar surface area (TPSA) is 60.7 Å². The molecule has 0 aromatic heterocycles. The highest BCUT2D eigenvalue weighted by atomic mass is 16.3. The van der Waals surface area contributed by atoms with Crippen molar-refractivity contribution in [3.8, 4) is 28.4 Å². The number of rotatable bonds is 4. The van der Waals surface area contributed by atoms with Crippen molar-refractivity contribution in [3.05, 3.63) is 41.0 Å². The number of benzene rings is 2. The molecule has 3 heteroatoms. The predicted molar refractivity (Wildman–Crippen MR) is 85.0 cm³/mol. The monoisotopic (exact) mass is 286 g/mol. The van der Waals surface area contributed by atoms with Crippen LogP contribution in [-0.4, -0.2) is 15.3 Å². The fourth-order valence-corrected chi connectivity index (χ4v) is 2.76. The zero-order chi connectivity index (χ0) is 15.6. The van der Waals surface area contributed by atoms with Gasteiger partial charge in [0, 0.05) is 11.6 Å². The van der Waals surface area contributed by atoms with Crippen LogP contribution in [0.4, 0.5) is 0 Å². The first-order valence-electron chi connectivity index (χ1n) is 7.41. The summed E-state index contributed by atoms with van der Waals surface area (Å²) in [6, 6.07) is 6.88. The Morgan fingerprint density at radius 3 is 1.90 bits per heavy atom. The van der Waals surface area contributed by atoms with Crippen molar-refractivity contribution in [2.75, 3.05) is 0 Å². The molecule has 3 N–H and O–H groups in total. The van der Waals surface area contributed by atoms with Gasteiger partial charge in [0.15, 0.2) is 11.5 Å². The van der Waals surface area contributed by atoms with Crippen molar-refractivity contribution in [2.24, 2.45) is 0 Å². The van der Waals surface area contributed by atoms with Crippen LogP contribution in [0.5, 0.6) is 17.2 Å². The lowest BCUT2D eigenvalue weighted by Gasteiger charge is -2.17. The minimum absolute atomic E-state index is 0.0182. The SMILES string of the molecule is CCc1cc(CC)c(CC)c(-c2cc(O)c(O)cc2O)c1. The van der Waals surface area contributed by atoms with Crippen molar-refractivity contribution >= 4 is 0 Å². The Balaban J connectivity index is 2.75. The maximum Gasteiger partial charge on any atom is 0.161 e. The van der Waals surface area contributed by atoms with Gasteiger partial charge < -0.3 is 15.3 Å². The lowest BCUT2D eigenvalue weighted by molar-refractivity contribution is 0.397. The largest absolute Gasteiger partial charge is 0.507 e. The maximum absolute atomic E-state index is 10.1. The van der Waals surface area contributed by atoms with Crippen LogP contribution in [0.15, 0.2) is 24.3 Å². The molecule has 0 amide bonds. The van der Waals surface area contributed by atoms with E-state index in [0.29, 0.717) is 5.56 Å². The lowest BCUT2D eigenvalue weighted by Crippen LogP contribution is -1.98. The zero-order valence-electron chi connectivity index (χ0n) is 12.8. The molecule has 2 rings (SSSR count).